The first-order chi connectivity index (χ1) is 13.3. The van der Waals surface area contributed by atoms with Gasteiger partial charge in [-0.05, 0) is 38.5 Å². The second-order valence-electron chi connectivity index (χ2n) is 6.12. The molecule has 8 nitrogen and oxygen atoms in total. The molecule has 0 bridgehead atoms. The molecule has 2 N–H and O–H groups in total. The van der Waals surface area contributed by atoms with Crippen LogP contribution in [0.25, 0.3) is 0 Å². The van der Waals surface area contributed by atoms with Crippen molar-refractivity contribution in [1.82, 2.24) is 5.32 Å². The number of allylic oxidation sites excluding steroid dienone is 2. The van der Waals surface area contributed by atoms with Crippen LogP contribution in [0, 0.1) is 0 Å². The molecule has 1 aliphatic rings. The Morgan fingerprint density at radius 2 is 1.50 bits per heavy atom. The van der Waals surface area contributed by atoms with Crippen molar-refractivity contribution >= 4 is 11.9 Å². The van der Waals surface area contributed by atoms with Crippen molar-refractivity contribution in [3.05, 3.63) is 40.2 Å². The van der Waals surface area contributed by atoms with Gasteiger partial charge in [-0.3, -0.25) is 0 Å². The maximum atomic E-state index is 12.7. The minimum atomic E-state index is -0.795. The summed E-state index contributed by atoms with van der Waals surface area (Å²) in [4.78, 5) is 25.3. The summed E-state index contributed by atoms with van der Waals surface area (Å²) in [7, 11) is 4.07. The molecule has 0 radical (unpaired) electrons. The van der Waals surface area contributed by atoms with Crippen LogP contribution in [0.2, 0.25) is 0 Å². The van der Waals surface area contributed by atoms with Gasteiger partial charge in [0.05, 0.1) is 45.0 Å². The second-order valence-corrected chi connectivity index (χ2v) is 6.12. The third-order valence-corrected chi connectivity index (χ3v) is 4.50. The van der Waals surface area contributed by atoms with E-state index in [0.29, 0.717) is 17.0 Å². The summed E-state index contributed by atoms with van der Waals surface area (Å²) in [5.74, 6) is -1.82. The number of benzene rings is 1. The van der Waals surface area contributed by atoms with Gasteiger partial charge in [0, 0.05) is 11.4 Å². The maximum absolute atomic E-state index is 12.7. The number of phenolic OH excluding ortho intramolecular Hbond substituents is 1. The number of nitrogens with one attached hydrogen (secondary N) is 1. The number of aromatic hydroxyl groups is 1. The normalized spacial score (nSPS) is 16.4. The summed E-state index contributed by atoms with van der Waals surface area (Å²) in [6, 6.07) is 3.10. The molecule has 152 valence electrons. The lowest BCUT2D eigenvalue weighted by Crippen LogP contribution is -2.32. The van der Waals surface area contributed by atoms with Gasteiger partial charge in [-0.1, -0.05) is 0 Å². The van der Waals surface area contributed by atoms with E-state index >= 15 is 0 Å². The molecule has 1 aromatic carbocycles. The molecule has 0 saturated carbocycles. The average molecular weight is 391 g/mol. The van der Waals surface area contributed by atoms with Crippen LogP contribution in [0.4, 0.5) is 0 Å². The molecule has 1 aromatic rings. The number of methoxy groups -OCH3 is 3. The lowest BCUT2D eigenvalue weighted by molar-refractivity contribution is -0.139. The minimum Gasteiger partial charge on any atom is -0.502 e. The van der Waals surface area contributed by atoms with Gasteiger partial charge < -0.3 is 29.4 Å². The topological polar surface area (TPSA) is 103 Å². The van der Waals surface area contributed by atoms with Crippen molar-refractivity contribution in [3.63, 3.8) is 0 Å². The molecule has 0 fully saturated rings. The average Bonchev–Trinajstić information content (AvgIpc) is 2.67. The monoisotopic (exact) mass is 391 g/mol. The predicted octanol–water partition coefficient (Wildman–Crippen LogP) is 2.38. The van der Waals surface area contributed by atoms with Crippen LogP contribution in [-0.2, 0) is 19.1 Å². The lowest BCUT2D eigenvalue weighted by Gasteiger charge is -2.30. The van der Waals surface area contributed by atoms with E-state index in [1.54, 1.807) is 32.9 Å². The first-order valence-electron chi connectivity index (χ1n) is 8.69. The number of dihydropyridines is 1. The first-order valence-corrected chi connectivity index (χ1v) is 8.69. The third-order valence-electron chi connectivity index (χ3n) is 4.50. The van der Waals surface area contributed by atoms with Crippen LogP contribution in [0.15, 0.2) is 34.7 Å². The van der Waals surface area contributed by atoms with Gasteiger partial charge in [0.2, 0.25) is 5.75 Å². The third kappa shape index (κ3) is 3.76. The lowest BCUT2D eigenvalue weighted by atomic mass is 9.80. The van der Waals surface area contributed by atoms with Crippen LogP contribution < -0.4 is 14.8 Å². The fourth-order valence-corrected chi connectivity index (χ4v) is 3.27. The van der Waals surface area contributed by atoms with Crippen molar-refractivity contribution in [3.8, 4) is 17.2 Å². The Hall–Kier alpha value is -3.16. The van der Waals surface area contributed by atoms with Gasteiger partial charge in [0.15, 0.2) is 11.5 Å². The standard InChI is InChI=1S/C20H25NO7/c1-7-28-20(24)16-11(3)21-10(2)15(19(23)27-6)17(16)12-8-13(25-4)18(22)14(9-12)26-5/h8-9,17,21-22H,7H2,1-6H3. The Morgan fingerprint density at radius 3 is 1.93 bits per heavy atom. The predicted molar refractivity (Wildman–Crippen MR) is 101 cm³/mol. The highest BCUT2D eigenvalue weighted by atomic mass is 16.5. The van der Waals surface area contributed by atoms with Crippen LogP contribution in [-0.4, -0.2) is 45.0 Å². The number of esters is 2. The molecular weight excluding hydrogens is 366 g/mol. The number of hydrogen-bond donors (Lipinski definition) is 2. The molecule has 1 atom stereocenters. The van der Waals surface area contributed by atoms with E-state index in [1.807, 2.05) is 0 Å². The highest BCUT2D eigenvalue weighted by Crippen LogP contribution is 2.45. The first kappa shape index (κ1) is 21.1. The van der Waals surface area contributed by atoms with Crippen molar-refractivity contribution in [1.29, 1.82) is 0 Å². The molecule has 0 aromatic heterocycles. The molecule has 0 aliphatic carbocycles. The number of hydrogen-bond acceptors (Lipinski definition) is 8. The summed E-state index contributed by atoms with van der Waals surface area (Å²) >= 11 is 0. The van der Waals surface area contributed by atoms with E-state index < -0.39 is 17.9 Å². The fourth-order valence-electron chi connectivity index (χ4n) is 3.27. The van der Waals surface area contributed by atoms with E-state index in [9.17, 15) is 14.7 Å². The van der Waals surface area contributed by atoms with Crippen LogP contribution in [0.3, 0.4) is 0 Å². The van der Waals surface area contributed by atoms with Crippen molar-refractivity contribution in [2.75, 3.05) is 27.9 Å². The Bertz CT molecular complexity index is 829. The van der Waals surface area contributed by atoms with Gasteiger partial charge in [-0.2, -0.15) is 0 Å². The summed E-state index contributed by atoms with van der Waals surface area (Å²) < 4.78 is 20.6. The quantitative estimate of drug-likeness (QED) is 0.713. The Balaban J connectivity index is 2.79. The zero-order valence-corrected chi connectivity index (χ0v) is 16.8. The van der Waals surface area contributed by atoms with Gasteiger partial charge in [-0.25, -0.2) is 9.59 Å². The zero-order valence-electron chi connectivity index (χ0n) is 16.8. The van der Waals surface area contributed by atoms with Gasteiger partial charge in [0.1, 0.15) is 0 Å². The number of carbonyl (C=O) groups is 2. The highest BCUT2D eigenvalue weighted by Gasteiger charge is 2.38. The molecule has 0 spiro atoms. The Morgan fingerprint density at radius 1 is 1.00 bits per heavy atom. The van der Waals surface area contributed by atoms with E-state index in [4.69, 9.17) is 18.9 Å². The van der Waals surface area contributed by atoms with Crippen LogP contribution >= 0.6 is 0 Å². The molecule has 1 unspecified atom stereocenters. The second kappa shape index (κ2) is 8.69. The molecule has 28 heavy (non-hydrogen) atoms. The van der Waals surface area contributed by atoms with Crippen molar-refractivity contribution in [2.24, 2.45) is 0 Å². The summed E-state index contributed by atoms with van der Waals surface area (Å²) in [6.07, 6.45) is 0. The van der Waals surface area contributed by atoms with E-state index in [2.05, 4.69) is 5.32 Å². The fraction of sp³-hybridized carbons (Fsp3) is 0.400. The maximum Gasteiger partial charge on any atom is 0.336 e. The van der Waals surface area contributed by atoms with E-state index in [0.717, 1.165) is 0 Å². The van der Waals surface area contributed by atoms with Gasteiger partial charge in [0.25, 0.3) is 0 Å². The van der Waals surface area contributed by atoms with E-state index in [-0.39, 0.29) is 35.0 Å². The number of phenols is 1. The summed E-state index contributed by atoms with van der Waals surface area (Å²) in [5, 5.41) is 13.3. The molecule has 0 saturated heterocycles. The molecule has 2 rings (SSSR count). The minimum absolute atomic E-state index is 0.149. The summed E-state index contributed by atoms with van der Waals surface area (Å²) in [5.41, 5.74) is 2.14. The Kier molecular flexibility index (Phi) is 6.56. The molecule has 0 amide bonds. The molecule has 1 aliphatic heterocycles. The number of ether oxygens (including phenoxy) is 4. The number of rotatable bonds is 6. The van der Waals surface area contributed by atoms with Gasteiger partial charge in [-0.15, -0.1) is 0 Å². The Labute approximate surface area is 163 Å². The van der Waals surface area contributed by atoms with Crippen molar-refractivity contribution < 1.29 is 33.6 Å². The van der Waals surface area contributed by atoms with Crippen LogP contribution in [0.5, 0.6) is 17.2 Å². The summed E-state index contributed by atoms with van der Waals surface area (Å²) in [6.45, 7) is 5.33. The smallest absolute Gasteiger partial charge is 0.336 e. The molecule has 8 heteroatoms. The van der Waals surface area contributed by atoms with Crippen molar-refractivity contribution in [2.45, 2.75) is 26.7 Å². The highest BCUT2D eigenvalue weighted by molar-refractivity contribution is 6.00. The number of carbonyl (C=O) groups excluding carboxylic acids is 2. The zero-order chi connectivity index (χ0) is 21.0. The van der Waals surface area contributed by atoms with E-state index in [1.165, 1.54) is 21.3 Å². The van der Waals surface area contributed by atoms with Crippen LogP contribution in [0.1, 0.15) is 32.3 Å². The molecule has 1 heterocycles. The SMILES string of the molecule is CCOC(=O)C1=C(C)NC(C)=C(C(=O)OC)C1c1cc(OC)c(O)c(OC)c1. The largest absolute Gasteiger partial charge is 0.502 e. The molecular formula is C20H25NO7. The van der Waals surface area contributed by atoms with Gasteiger partial charge >= 0.3 is 11.9 Å².